The number of carbonyl (C=O) groups is 3. The van der Waals surface area contributed by atoms with Gasteiger partial charge in [0.15, 0.2) is 6.10 Å². The first-order chi connectivity index (χ1) is 22.8. The molecule has 0 aliphatic carbocycles. The summed E-state index contributed by atoms with van der Waals surface area (Å²) in [6.07, 6.45) is 29.7. The van der Waals surface area contributed by atoms with Gasteiger partial charge < -0.3 is 14.2 Å². The van der Waals surface area contributed by atoms with E-state index in [-0.39, 0.29) is 31.1 Å². The molecule has 0 saturated carbocycles. The summed E-state index contributed by atoms with van der Waals surface area (Å²) in [6, 6.07) is 0. The molecule has 0 amide bonds. The number of rotatable bonds is 35. The lowest BCUT2D eigenvalue weighted by Gasteiger charge is -2.18. The van der Waals surface area contributed by atoms with E-state index in [1.807, 2.05) is 0 Å². The van der Waals surface area contributed by atoms with E-state index in [0.717, 1.165) is 76.0 Å². The molecule has 0 fully saturated rings. The highest BCUT2D eigenvalue weighted by atomic mass is 16.6. The molecular formula is C41H78O6. The lowest BCUT2D eigenvalue weighted by Crippen LogP contribution is -2.30. The van der Waals surface area contributed by atoms with Gasteiger partial charge in [-0.2, -0.15) is 0 Å². The van der Waals surface area contributed by atoms with Gasteiger partial charge in [0, 0.05) is 19.3 Å². The van der Waals surface area contributed by atoms with Crippen molar-refractivity contribution in [2.45, 2.75) is 221 Å². The van der Waals surface area contributed by atoms with Gasteiger partial charge in [0.25, 0.3) is 0 Å². The Morgan fingerprint density at radius 3 is 1.21 bits per heavy atom. The molecule has 0 heterocycles. The second-order valence-corrected chi connectivity index (χ2v) is 14.6. The minimum Gasteiger partial charge on any atom is -0.462 e. The van der Waals surface area contributed by atoms with Gasteiger partial charge in [0.1, 0.15) is 13.2 Å². The molecule has 0 radical (unpaired) electrons. The second-order valence-electron chi connectivity index (χ2n) is 14.6. The highest BCUT2D eigenvalue weighted by Crippen LogP contribution is 2.16. The van der Waals surface area contributed by atoms with Crippen molar-refractivity contribution < 1.29 is 28.6 Å². The SMILES string of the molecule is CCCCCCCC(=O)OC[C@H](COC(=O)CCCCCCCCC(C)CC)OC(=O)CCCCCCCCCCCCCC(C)C. The fourth-order valence-corrected chi connectivity index (χ4v) is 5.84. The average molecular weight is 667 g/mol. The van der Waals surface area contributed by atoms with Crippen molar-refractivity contribution in [1.82, 2.24) is 0 Å². The van der Waals surface area contributed by atoms with E-state index in [0.29, 0.717) is 19.3 Å². The average Bonchev–Trinajstić information content (AvgIpc) is 3.05. The first-order valence-corrected chi connectivity index (χ1v) is 20.3. The molecule has 0 rings (SSSR count). The van der Waals surface area contributed by atoms with Crippen LogP contribution in [0.2, 0.25) is 0 Å². The van der Waals surface area contributed by atoms with Crippen molar-refractivity contribution in [2.24, 2.45) is 11.8 Å². The molecule has 0 aliphatic heterocycles. The molecule has 0 bridgehead atoms. The van der Waals surface area contributed by atoms with Gasteiger partial charge in [-0.1, -0.05) is 176 Å². The van der Waals surface area contributed by atoms with Crippen LogP contribution in [0, 0.1) is 11.8 Å². The van der Waals surface area contributed by atoms with Gasteiger partial charge in [0.05, 0.1) is 0 Å². The van der Waals surface area contributed by atoms with Crippen LogP contribution in [0.3, 0.4) is 0 Å². The van der Waals surface area contributed by atoms with Gasteiger partial charge in [-0.25, -0.2) is 0 Å². The third-order valence-electron chi connectivity index (χ3n) is 9.33. The number of esters is 3. The Labute approximate surface area is 291 Å². The van der Waals surface area contributed by atoms with E-state index in [1.54, 1.807) is 0 Å². The van der Waals surface area contributed by atoms with Crippen molar-refractivity contribution >= 4 is 17.9 Å². The van der Waals surface area contributed by atoms with Crippen LogP contribution in [-0.2, 0) is 28.6 Å². The lowest BCUT2D eigenvalue weighted by molar-refractivity contribution is -0.167. The summed E-state index contributed by atoms with van der Waals surface area (Å²) in [5.41, 5.74) is 0. The van der Waals surface area contributed by atoms with Crippen molar-refractivity contribution in [3.05, 3.63) is 0 Å². The smallest absolute Gasteiger partial charge is 0.306 e. The van der Waals surface area contributed by atoms with E-state index in [4.69, 9.17) is 14.2 Å². The van der Waals surface area contributed by atoms with Crippen LogP contribution < -0.4 is 0 Å². The molecule has 2 atom stereocenters. The van der Waals surface area contributed by atoms with Gasteiger partial charge in [0.2, 0.25) is 0 Å². The minimum absolute atomic E-state index is 0.0678. The highest BCUT2D eigenvalue weighted by Gasteiger charge is 2.19. The fraction of sp³-hybridized carbons (Fsp3) is 0.927. The highest BCUT2D eigenvalue weighted by molar-refractivity contribution is 5.71. The van der Waals surface area contributed by atoms with E-state index in [2.05, 4.69) is 34.6 Å². The van der Waals surface area contributed by atoms with E-state index in [9.17, 15) is 14.4 Å². The Bertz CT molecular complexity index is 721. The van der Waals surface area contributed by atoms with Gasteiger partial charge in [-0.05, 0) is 31.1 Å². The summed E-state index contributed by atoms with van der Waals surface area (Å²) in [6.45, 7) is 11.2. The number of ether oxygens (including phenoxy) is 3. The second kappa shape index (κ2) is 34.3. The predicted octanol–water partition coefficient (Wildman–Crippen LogP) is 12.2. The maximum atomic E-state index is 12.6. The molecule has 0 aromatic carbocycles. The monoisotopic (exact) mass is 667 g/mol. The summed E-state index contributed by atoms with van der Waals surface area (Å²) in [4.78, 5) is 37.3. The van der Waals surface area contributed by atoms with E-state index < -0.39 is 6.10 Å². The molecule has 6 heteroatoms. The molecule has 0 spiro atoms. The summed E-state index contributed by atoms with van der Waals surface area (Å²) >= 11 is 0. The zero-order valence-corrected chi connectivity index (χ0v) is 31.9. The van der Waals surface area contributed by atoms with Crippen molar-refractivity contribution in [3.8, 4) is 0 Å². The number of hydrogen-bond acceptors (Lipinski definition) is 6. The van der Waals surface area contributed by atoms with Gasteiger partial charge in [-0.3, -0.25) is 14.4 Å². The summed E-state index contributed by atoms with van der Waals surface area (Å²) < 4.78 is 16.5. The maximum absolute atomic E-state index is 12.6. The third kappa shape index (κ3) is 34.1. The number of hydrogen-bond donors (Lipinski definition) is 0. The third-order valence-corrected chi connectivity index (χ3v) is 9.33. The number of unbranched alkanes of at least 4 members (excludes halogenated alkanes) is 19. The van der Waals surface area contributed by atoms with Crippen LogP contribution >= 0.6 is 0 Å². The molecule has 1 unspecified atom stereocenters. The normalized spacial score (nSPS) is 12.6. The Morgan fingerprint density at radius 1 is 0.447 bits per heavy atom. The van der Waals surface area contributed by atoms with Crippen molar-refractivity contribution in [2.75, 3.05) is 13.2 Å². The van der Waals surface area contributed by atoms with Crippen LogP contribution in [-0.4, -0.2) is 37.2 Å². The summed E-state index contributed by atoms with van der Waals surface area (Å²) in [5, 5.41) is 0. The molecule has 0 aromatic rings. The predicted molar refractivity (Wildman–Crippen MR) is 196 cm³/mol. The van der Waals surface area contributed by atoms with Crippen LogP contribution in [0.5, 0.6) is 0 Å². The van der Waals surface area contributed by atoms with Crippen LogP contribution in [0.4, 0.5) is 0 Å². The lowest BCUT2D eigenvalue weighted by atomic mass is 10.00. The molecule has 0 aliphatic rings. The summed E-state index contributed by atoms with van der Waals surface area (Å²) in [7, 11) is 0. The van der Waals surface area contributed by atoms with Crippen molar-refractivity contribution in [3.63, 3.8) is 0 Å². The Kier molecular flexibility index (Phi) is 33.1. The van der Waals surface area contributed by atoms with Crippen LogP contribution in [0.15, 0.2) is 0 Å². The largest absolute Gasteiger partial charge is 0.462 e. The first kappa shape index (κ1) is 45.4. The quantitative estimate of drug-likeness (QED) is 0.0380. The molecule has 6 nitrogen and oxygen atoms in total. The zero-order valence-electron chi connectivity index (χ0n) is 31.9. The fourth-order valence-electron chi connectivity index (χ4n) is 5.84. The molecular weight excluding hydrogens is 588 g/mol. The summed E-state index contributed by atoms with van der Waals surface area (Å²) in [5.74, 6) is 0.759. The molecule has 47 heavy (non-hydrogen) atoms. The Hall–Kier alpha value is -1.59. The molecule has 0 saturated heterocycles. The molecule has 0 aromatic heterocycles. The Balaban J connectivity index is 4.26. The minimum atomic E-state index is -0.758. The topological polar surface area (TPSA) is 78.9 Å². The van der Waals surface area contributed by atoms with Gasteiger partial charge >= 0.3 is 17.9 Å². The van der Waals surface area contributed by atoms with Crippen molar-refractivity contribution in [1.29, 1.82) is 0 Å². The van der Waals surface area contributed by atoms with Gasteiger partial charge in [-0.15, -0.1) is 0 Å². The van der Waals surface area contributed by atoms with Crippen LogP contribution in [0.25, 0.3) is 0 Å². The Morgan fingerprint density at radius 2 is 0.809 bits per heavy atom. The molecule has 0 N–H and O–H groups in total. The van der Waals surface area contributed by atoms with E-state index in [1.165, 1.54) is 96.3 Å². The van der Waals surface area contributed by atoms with E-state index >= 15 is 0 Å². The first-order valence-electron chi connectivity index (χ1n) is 20.3. The zero-order chi connectivity index (χ0) is 34.8. The maximum Gasteiger partial charge on any atom is 0.306 e. The number of carbonyl (C=O) groups excluding carboxylic acids is 3. The standard InChI is InChI=1S/C41H78O6/c1-6-8-9-19-26-31-39(42)45-34-38(35-46-40(43)32-27-22-18-17-21-25-30-37(5)7-2)47-41(44)33-28-23-16-14-12-10-11-13-15-20-24-29-36(3)4/h36-38H,6-35H2,1-5H3/t37?,38-/m1/s1. The van der Waals surface area contributed by atoms with Crippen LogP contribution in [0.1, 0.15) is 214 Å². The molecule has 278 valence electrons.